The van der Waals surface area contributed by atoms with Crippen LogP contribution in [0.1, 0.15) is 49.9 Å². The Bertz CT molecular complexity index is 407. The first-order chi connectivity index (χ1) is 8.71. The van der Waals surface area contributed by atoms with E-state index in [2.05, 4.69) is 10.4 Å². The number of piperidine rings is 1. The predicted molar refractivity (Wildman–Crippen MR) is 69.1 cm³/mol. The van der Waals surface area contributed by atoms with Gasteiger partial charge in [0.2, 0.25) is 0 Å². The van der Waals surface area contributed by atoms with Gasteiger partial charge in [0.15, 0.2) is 0 Å². The molecule has 1 saturated carbocycles. The zero-order valence-corrected chi connectivity index (χ0v) is 10.7. The lowest BCUT2D eigenvalue weighted by atomic mass is 9.83. The van der Waals surface area contributed by atoms with Crippen LogP contribution in [-0.2, 0) is 0 Å². The number of hydrogen-bond donors (Lipinski definition) is 3. The molecule has 1 saturated heterocycles. The molecule has 0 spiro atoms. The molecule has 5 nitrogen and oxygen atoms in total. The normalized spacial score (nSPS) is 25.7. The van der Waals surface area contributed by atoms with Crippen LogP contribution in [0.4, 0.5) is 0 Å². The quantitative estimate of drug-likeness (QED) is 0.739. The molecule has 100 valence electrons. The molecular weight excluding hydrogens is 228 g/mol. The third kappa shape index (κ3) is 1.96. The number of nitrogens with zero attached hydrogens (tertiary/aromatic N) is 2. The van der Waals surface area contributed by atoms with Crippen molar-refractivity contribution in [1.29, 1.82) is 0 Å². The maximum Gasteiger partial charge on any atom is 0.0878 e. The van der Waals surface area contributed by atoms with Crippen LogP contribution in [0.25, 0.3) is 0 Å². The van der Waals surface area contributed by atoms with Crippen LogP contribution in [0.3, 0.4) is 0 Å². The van der Waals surface area contributed by atoms with Crippen LogP contribution in [0.15, 0.2) is 12.3 Å². The van der Waals surface area contributed by atoms with Crippen LogP contribution < -0.4 is 11.1 Å². The Labute approximate surface area is 107 Å². The Morgan fingerprint density at radius 3 is 2.78 bits per heavy atom. The largest absolute Gasteiger partial charge is 0.388 e. The molecule has 0 radical (unpaired) electrons. The topological polar surface area (TPSA) is 76.1 Å². The standard InChI is InChI=1S/C13H22N4O/c14-12(13(18)5-8-15-9-6-13)11-4-7-16-17(11)10-2-1-3-10/h4,7,10,12,15,18H,1-3,5-6,8-9,14H2. The second kappa shape index (κ2) is 4.64. The van der Waals surface area contributed by atoms with Gasteiger partial charge in [-0.1, -0.05) is 0 Å². The number of hydrogen-bond acceptors (Lipinski definition) is 4. The van der Waals surface area contributed by atoms with Gasteiger partial charge in [-0.3, -0.25) is 4.68 Å². The molecule has 1 atom stereocenters. The zero-order chi connectivity index (χ0) is 12.6. The first-order valence-corrected chi connectivity index (χ1v) is 6.93. The third-order valence-corrected chi connectivity index (χ3v) is 4.49. The fraction of sp³-hybridized carbons (Fsp3) is 0.769. The van der Waals surface area contributed by atoms with Gasteiger partial charge in [0.25, 0.3) is 0 Å². The van der Waals surface area contributed by atoms with Gasteiger partial charge in [-0.05, 0) is 51.3 Å². The van der Waals surface area contributed by atoms with Gasteiger partial charge < -0.3 is 16.2 Å². The van der Waals surface area contributed by atoms with Crippen LogP contribution in [0, 0.1) is 0 Å². The summed E-state index contributed by atoms with van der Waals surface area (Å²) in [7, 11) is 0. The first kappa shape index (κ1) is 12.1. The molecule has 0 aromatic carbocycles. The summed E-state index contributed by atoms with van der Waals surface area (Å²) in [6.07, 6.45) is 6.86. The summed E-state index contributed by atoms with van der Waals surface area (Å²) in [6.45, 7) is 1.67. The molecule has 2 heterocycles. The molecule has 0 amide bonds. The Kier molecular flexibility index (Phi) is 3.13. The summed E-state index contributed by atoms with van der Waals surface area (Å²) in [4.78, 5) is 0. The fourth-order valence-electron chi connectivity index (χ4n) is 2.95. The number of aromatic nitrogens is 2. The van der Waals surface area contributed by atoms with E-state index in [0.29, 0.717) is 18.9 Å². The minimum Gasteiger partial charge on any atom is -0.388 e. The van der Waals surface area contributed by atoms with Crippen LogP contribution in [-0.4, -0.2) is 33.6 Å². The Hall–Kier alpha value is -0.910. The van der Waals surface area contributed by atoms with Gasteiger partial charge >= 0.3 is 0 Å². The summed E-state index contributed by atoms with van der Waals surface area (Å²) in [5.74, 6) is 0. The van der Waals surface area contributed by atoms with Crippen molar-refractivity contribution in [3.8, 4) is 0 Å². The average Bonchev–Trinajstić information content (AvgIpc) is 2.75. The van der Waals surface area contributed by atoms with Crippen molar-refractivity contribution in [2.24, 2.45) is 5.73 Å². The number of nitrogens with one attached hydrogen (secondary N) is 1. The number of aliphatic hydroxyl groups is 1. The molecule has 18 heavy (non-hydrogen) atoms. The van der Waals surface area contributed by atoms with E-state index in [9.17, 15) is 5.11 Å². The lowest BCUT2D eigenvalue weighted by Gasteiger charge is -2.39. The highest BCUT2D eigenvalue weighted by Crippen LogP contribution is 2.36. The van der Waals surface area contributed by atoms with Crippen LogP contribution >= 0.6 is 0 Å². The van der Waals surface area contributed by atoms with Crippen molar-refractivity contribution in [3.63, 3.8) is 0 Å². The SMILES string of the molecule is NC(c1ccnn1C1CCC1)C1(O)CCNCC1. The maximum absolute atomic E-state index is 10.7. The lowest BCUT2D eigenvalue weighted by molar-refractivity contribution is -0.0174. The van der Waals surface area contributed by atoms with E-state index in [1.807, 2.05) is 10.7 Å². The summed E-state index contributed by atoms with van der Waals surface area (Å²) >= 11 is 0. The van der Waals surface area contributed by atoms with Gasteiger partial charge in [0.1, 0.15) is 0 Å². The molecule has 4 N–H and O–H groups in total. The molecular formula is C13H22N4O. The summed E-state index contributed by atoms with van der Waals surface area (Å²) < 4.78 is 2.04. The van der Waals surface area contributed by atoms with Crippen molar-refractivity contribution < 1.29 is 5.11 Å². The highest BCUT2D eigenvalue weighted by atomic mass is 16.3. The predicted octanol–water partition coefficient (Wildman–Crippen LogP) is 0.722. The molecule has 1 unspecified atom stereocenters. The molecule has 1 aliphatic carbocycles. The van der Waals surface area contributed by atoms with E-state index in [-0.39, 0.29) is 6.04 Å². The second-order valence-electron chi connectivity index (χ2n) is 5.62. The second-order valence-corrected chi connectivity index (χ2v) is 5.62. The van der Waals surface area contributed by atoms with E-state index >= 15 is 0 Å². The molecule has 2 aliphatic rings. The summed E-state index contributed by atoms with van der Waals surface area (Å²) in [6, 6.07) is 2.12. The van der Waals surface area contributed by atoms with Crippen LogP contribution in [0.5, 0.6) is 0 Å². The number of rotatable bonds is 3. The van der Waals surface area contributed by atoms with Gasteiger partial charge in [-0.2, -0.15) is 5.10 Å². The fourth-order valence-corrected chi connectivity index (χ4v) is 2.95. The zero-order valence-electron chi connectivity index (χ0n) is 10.7. The van der Waals surface area contributed by atoms with Crippen molar-refractivity contribution in [3.05, 3.63) is 18.0 Å². The Balaban J connectivity index is 1.82. The molecule has 3 rings (SSSR count). The van der Waals surface area contributed by atoms with Crippen molar-refractivity contribution in [2.75, 3.05) is 13.1 Å². The minimum atomic E-state index is -0.785. The summed E-state index contributed by atoms with van der Waals surface area (Å²) in [5.41, 5.74) is 6.53. The monoisotopic (exact) mass is 250 g/mol. The molecule has 2 fully saturated rings. The number of nitrogens with two attached hydrogens (primary N) is 1. The van der Waals surface area contributed by atoms with Gasteiger partial charge in [-0.25, -0.2) is 0 Å². The van der Waals surface area contributed by atoms with Crippen molar-refractivity contribution in [1.82, 2.24) is 15.1 Å². The van der Waals surface area contributed by atoms with Crippen molar-refractivity contribution in [2.45, 2.75) is 49.8 Å². The van der Waals surface area contributed by atoms with Crippen molar-refractivity contribution >= 4 is 0 Å². The Morgan fingerprint density at radius 2 is 2.17 bits per heavy atom. The first-order valence-electron chi connectivity index (χ1n) is 6.93. The van der Waals surface area contributed by atoms with E-state index in [1.54, 1.807) is 6.20 Å². The van der Waals surface area contributed by atoms with Gasteiger partial charge in [-0.15, -0.1) is 0 Å². The van der Waals surface area contributed by atoms with E-state index in [4.69, 9.17) is 5.73 Å². The van der Waals surface area contributed by atoms with E-state index < -0.39 is 5.60 Å². The highest BCUT2D eigenvalue weighted by Gasteiger charge is 2.39. The van der Waals surface area contributed by atoms with Crippen LogP contribution in [0.2, 0.25) is 0 Å². The third-order valence-electron chi connectivity index (χ3n) is 4.49. The molecule has 1 aromatic rings. The maximum atomic E-state index is 10.7. The molecule has 1 aliphatic heterocycles. The van der Waals surface area contributed by atoms with E-state index in [0.717, 1.165) is 18.8 Å². The van der Waals surface area contributed by atoms with Gasteiger partial charge in [0.05, 0.1) is 23.4 Å². The summed E-state index contributed by atoms with van der Waals surface area (Å²) in [5, 5.41) is 18.4. The van der Waals surface area contributed by atoms with E-state index in [1.165, 1.54) is 19.3 Å². The highest BCUT2D eigenvalue weighted by molar-refractivity contribution is 5.14. The molecule has 0 bridgehead atoms. The molecule has 5 heteroatoms. The lowest BCUT2D eigenvalue weighted by Crippen LogP contribution is -2.49. The van der Waals surface area contributed by atoms with Gasteiger partial charge in [0, 0.05) is 6.20 Å². The smallest absolute Gasteiger partial charge is 0.0878 e. The minimum absolute atomic E-state index is 0.331. The average molecular weight is 250 g/mol. The Morgan fingerprint density at radius 1 is 1.44 bits per heavy atom. The molecule has 1 aromatic heterocycles.